The van der Waals surface area contributed by atoms with Crippen LogP contribution in [-0.2, 0) is 4.79 Å². The summed E-state index contributed by atoms with van der Waals surface area (Å²) in [4.78, 5) is 12.1. The Morgan fingerprint density at radius 1 is 1.39 bits per heavy atom. The lowest BCUT2D eigenvalue weighted by molar-refractivity contribution is -0.120. The van der Waals surface area contributed by atoms with Gasteiger partial charge in [-0.15, -0.1) is 0 Å². The number of aromatic hydroxyl groups is 1. The van der Waals surface area contributed by atoms with Gasteiger partial charge >= 0.3 is 0 Å². The molecule has 0 aliphatic carbocycles. The number of amides is 1. The first kappa shape index (κ1) is 12.9. The Bertz CT molecular complexity index is 451. The van der Waals surface area contributed by atoms with Crippen LogP contribution in [0, 0.1) is 19.8 Å². The van der Waals surface area contributed by atoms with E-state index in [1.54, 1.807) is 6.07 Å². The standard InChI is InChI=1S/C14H20N2O2/c1-9-7-13(17)10(2)6-12(9)16-14(18)11-4-3-5-15-8-11/h6-7,11,15,17H,3-5,8H2,1-2H3,(H,16,18)/t11-/m0/s1. The molecule has 4 heteroatoms. The van der Waals surface area contributed by atoms with E-state index in [-0.39, 0.29) is 17.6 Å². The molecular weight excluding hydrogens is 228 g/mol. The van der Waals surface area contributed by atoms with E-state index in [9.17, 15) is 9.90 Å². The third kappa shape index (κ3) is 2.82. The molecule has 0 saturated carbocycles. The Morgan fingerprint density at radius 2 is 2.17 bits per heavy atom. The number of benzene rings is 1. The van der Waals surface area contributed by atoms with Crippen LogP contribution in [0.5, 0.6) is 5.75 Å². The van der Waals surface area contributed by atoms with Crippen molar-refractivity contribution in [2.75, 3.05) is 18.4 Å². The Labute approximate surface area is 107 Å². The molecule has 1 aliphatic heterocycles. The molecule has 0 spiro atoms. The van der Waals surface area contributed by atoms with Gasteiger partial charge in [0.15, 0.2) is 0 Å². The van der Waals surface area contributed by atoms with Gasteiger partial charge in [0, 0.05) is 12.2 Å². The van der Waals surface area contributed by atoms with E-state index in [0.29, 0.717) is 0 Å². The number of phenolic OH excluding ortho intramolecular Hbond substituents is 1. The molecule has 1 aliphatic rings. The van der Waals surface area contributed by atoms with Gasteiger partial charge in [-0.3, -0.25) is 4.79 Å². The van der Waals surface area contributed by atoms with Crippen LogP contribution in [0.25, 0.3) is 0 Å². The number of phenols is 1. The van der Waals surface area contributed by atoms with Gasteiger partial charge < -0.3 is 15.7 Å². The van der Waals surface area contributed by atoms with Gasteiger partial charge in [0.1, 0.15) is 5.75 Å². The number of carbonyl (C=O) groups excluding carboxylic acids is 1. The van der Waals surface area contributed by atoms with Crippen molar-refractivity contribution in [2.24, 2.45) is 5.92 Å². The monoisotopic (exact) mass is 248 g/mol. The van der Waals surface area contributed by atoms with E-state index >= 15 is 0 Å². The van der Waals surface area contributed by atoms with Crippen LogP contribution in [0.2, 0.25) is 0 Å². The normalized spacial score (nSPS) is 19.6. The minimum Gasteiger partial charge on any atom is -0.508 e. The summed E-state index contributed by atoms with van der Waals surface area (Å²) in [5, 5.41) is 15.8. The van der Waals surface area contributed by atoms with Gasteiger partial charge in [0.25, 0.3) is 0 Å². The van der Waals surface area contributed by atoms with Crippen molar-refractivity contribution >= 4 is 11.6 Å². The molecular formula is C14H20N2O2. The molecule has 98 valence electrons. The average molecular weight is 248 g/mol. The molecule has 1 heterocycles. The second-order valence-electron chi connectivity index (χ2n) is 4.99. The largest absolute Gasteiger partial charge is 0.508 e. The van der Waals surface area contributed by atoms with Gasteiger partial charge in [-0.05, 0) is 56.5 Å². The van der Waals surface area contributed by atoms with Crippen molar-refractivity contribution in [3.8, 4) is 5.75 Å². The first-order valence-corrected chi connectivity index (χ1v) is 6.39. The van der Waals surface area contributed by atoms with E-state index in [0.717, 1.165) is 42.7 Å². The number of rotatable bonds is 2. The van der Waals surface area contributed by atoms with Crippen LogP contribution >= 0.6 is 0 Å². The summed E-state index contributed by atoms with van der Waals surface area (Å²) < 4.78 is 0. The van der Waals surface area contributed by atoms with E-state index < -0.39 is 0 Å². The first-order valence-electron chi connectivity index (χ1n) is 6.39. The molecule has 0 unspecified atom stereocenters. The highest BCUT2D eigenvalue weighted by atomic mass is 16.3. The summed E-state index contributed by atoms with van der Waals surface area (Å²) in [6.45, 7) is 5.46. The minimum absolute atomic E-state index is 0.0484. The smallest absolute Gasteiger partial charge is 0.228 e. The lowest BCUT2D eigenvalue weighted by Gasteiger charge is -2.22. The van der Waals surface area contributed by atoms with Crippen LogP contribution in [0.3, 0.4) is 0 Å². The third-order valence-electron chi connectivity index (χ3n) is 3.47. The summed E-state index contributed by atoms with van der Waals surface area (Å²) in [6, 6.07) is 3.50. The van der Waals surface area contributed by atoms with Gasteiger partial charge in [-0.2, -0.15) is 0 Å². The molecule has 1 amide bonds. The van der Waals surface area contributed by atoms with E-state index in [1.165, 1.54) is 0 Å². The maximum Gasteiger partial charge on any atom is 0.228 e. The van der Waals surface area contributed by atoms with Crippen LogP contribution in [0.15, 0.2) is 12.1 Å². The van der Waals surface area contributed by atoms with Crippen LogP contribution in [0.4, 0.5) is 5.69 Å². The number of carbonyl (C=O) groups is 1. The third-order valence-corrected chi connectivity index (χ3v) is 3.47. The topological polar surface area (TPSA) is 61.4 Å². The number of nitrogens with one attached hydrogen (secondary N) is 2. The fraction of sp³-hybridized carbons (Fsp3) is 0.500. The highest BCUT2D eigenvalue weighted by molar-refractivity contribution is 5.93. The molecule has 1 saturated heterocycles. The van der Waals surface area contributed by atoms with Gasteiger partial charge in [0.2, 0.25) is 5.91 Å². The summed E-state index contributed by atoms with van der Waals surface area (Å²) in [6.07, 6.45) is 1.99. The molecule has 1 aromatic carbocycles. The lowest BCUT2D eigenvalue weighted by atomic mass is 9.98. The summed E-state index contributed by atoms with van der Waals surface area (Å²) in [5.74, 6) is 0.382. The summed E-state index contributed by atoms with van der Waals surface area (Å²) in [7, 11) is 0. The Morgan fingerprint density at radius 3 is 2.83 bits per heavy atom. The van der Waals surface area contributed by atoms with Gasteiger partial charge in [0.05, 0.1) is 5.92 Å². The SMILES string of the molecule is Cc1cc(NC(=O)[C@H]2CCCNC2)c(C)cc1O. The maximum absolute atomic E-state index is 12.1. The molecule has 0 bridgehead atoms. The minimum atomic E-state index is 0.0484. The second kappa shape index (κ2) is 5.40. The van der Waals surface area contributed by atoms with E-state index in [4.69, 9.17) is 0 Å². The molecule has 18 heavy (non-hydrogen) atoms. The highest BCUT2D eigenvalue weighted by Crippen LogP contribution is 2.25. The van der Waals surface area contributed by atoms with Crippen LogP contribution in [0.1, 0.15) is 24.0 Å². The fourth-order valence-corrected chi connectivity index (χ4v) is 2.25. The summed E-state index contributed by atoms with van der Waals surface area (Å²) >= 11 is 0. The van der Waals surface area contributed by atoms with Crippen molar-refractivity contribution in [3.05, 3.63) is 23.3 Å². The zero-order valence-electron chi connectivity index (χ0n) is 10.9. The number of hydrogen-bond acceptors (Lipinski definition) is 3. The van der Waals surface area contributed by atoms with E-state index in [2.05, 4.69) is 10.6 Å². The van der Waals surface area contributed by atoms with Gasteiger partial charge in [-0.1, -0.05) is 0 Å². The highest BCUT2D eigenvalue weighted by Gasteiger charge is 2.21. The van der Waals surface area contributed by atoms with Crippen molar-refractivity contribution < 1.29 is 9.90 Å². The Balaban J connectivity index is 2.08. The molecule has 2 rings (SSSR count). The second-order valence-corrected chi connectivity index (χ2v) is 4.99. The Hall–Kier alpha value is -1.55. The van der Waals surface area contributed by atoms with Crippen molar-refractivity contribution in [2.45, 2.75) is 26.7 Å². The van der Waals surface area contributed by atoms with Crippen molar-refractivity contribution in [3.63, 3.8) is 0 Å². The molecule has 1 aromatic rings. The number of anilines is 1. The number of piperidine rings is 1. The quantitative estimate of drug-likeness (QED) is 0.701. The zero-order chi connectivity index (χ0) is 13.1. The van der Waals surface area contributed by atoms with E-state index in [1.807, 2.05) is 19.9 Å². The predicted molar refractivity (Wildman–Crippen MR) is 71.8 cm³/mol. The van der Waals surface area contributed by atoms with Crippen molar-refractivity contribution in [1.82, 2.24) is 5.32 Å². The molecule has 3 N–H and O–H groups in total. The molecule has 1 fully saturated rings. The van der Waals surface area contributed by atoms with Crippen molar-refractivity contribution in [1.29, 1.82) is 0 Å². The maximum atomic E-state index is 12.1. The average Bonchev–Trinajstić information content (AvgIpc) is 2.37. The fourth-order valence-electron chi connectivity index (χ4n) is 2.25. The van der Waals surface area contributed by atoms with Crippen LogP contribution < -0.4 is 10.6 Å². The predicted octanol–water partition coefficient (Wildman–Crippen LogP) is 1.95. The molecule has 0 aromatic heterocycles. The zero-order valence-corrected chi connectivity index (χ0v) is 10.9. The Kier molecular flexibility index (Phi) is 3.87. The van der Waals surface area contributed by atoms with Gasteiger partial charge in [-0.25, -0.2) is 0 Å². The molecule has 4 nitrogen and oxygen atoms in total. The number of aryl methyl sites for hydroxylation is 2. The summed E-state index contributed by atoms with van der Waals surface area (Å²) in [5.41, 5.74) is 2.45. The molecule has 1 atom stereocenters. The lowest BCUT2D eigenvalue weighted by Crippen LogP contribution is -2.37. The number of hydrogen-bond donors (Lipinski definition) is 3. The van der Waals surface area contributed by atoms with Crippen LogP contribution in [-0.4, -0.2) is 24.1 Å². The first-order chi connectivity index (χ1) is 8.58. The molecule has 0 radical (unpaired) electrons.